The Balaban J connectivity index is 1.32. The van der Waals surface area contributed by atoms with E-state index in [1.807, 2.05) is 0 Å². The van der Waals surface area contributed by atoms with Gasteiger partial charge in [0.25, 0.3) is 0 Å². The summed E-state index contributed by atoms with van der Waals surface area (Å²) in [6, 6.07) is 15.6. The fourth-order valence-electron chi connectivity index (χ4n) is 6.75. The van der Waals surface area contributed by atoms with Crippen molar-refractivity contribution in [2.24, 2.45) is 0 Å². The van der Waals surface area contributed by atoms with Crippen molar-refractivity contribution in [3.05, 3.63) is 65.9 Å². The predicted molar refractivity (Wildman–Crippen MR) is 171 cm³/mol. The van der Waals surface area contributed by atoms with Crippen LogP contribution in [0, 0.1) is 18.3 Å². The van der Waals surface area contributed by atoms with Crippen molar-refractivity contribution in [1.82, 2.24) is 19.8 Å². The number of piperazine rings is 1. The first-order valence-corrected chi connectivity index (χ1v) is 15.4. The highest BCUT2D eigenvalue weighted by Crippen LogP contribution is 2.36. The van der Waals surface area contributed by atoms with Gasteiger partial charge in [-0.15, -0.1) is 0 Å². The van der Waals surface area contributed by atoms with Gasteiger partial charge in [-0.05, 0) is 57.0 Å². The maximum atomic E-state index is 12.6. The number of fused-ring (bicyclic) bond motifs is 2. The van der Waals surface area contributed by atoms with Crippen LogP contribution in [0.1, 0.15) is 29.7 Å². The van der Waals surface area contributed by atoms with Gasteiger partial charge in [-0.1, -0.05) is 36.9 Å². The molecule has 3 atom stereocenters. The van der Waals surface area contributed by atoms with Crippen LogP contribution in [0.25, 0.3) is 10.8 Å². The summed E-state index contributed by atoms with van der Waals surface area (Å²) in [5.41, 5.74) is 4.50. The van der Waals surface area contributed by atoms with E-state index in [4.69, 9.17) is 19.4 Å². The fourth-order valence-corrected chi connectivity index (χ4v) is 6.75. The summed E-state index contributed by atoms with van der Waals surface area (Å²) < 4.78 is 12.3. The monoisotopic (exact) mass is 595 g/mol. The molecule has 1 amide bonds. The first kappa shape index (κ1) is 29.9. The summed E-state index contributed by atoms with van der Waals surface area (Å²) >= 11 is 0. The number of hydrogen-bond donors (Lipinski definition) is 0. The number of carbonyl (C=O) groups excluding carboxylic acids is 1. The summed E-state index contributed by atoms with van der Waals surface area (Å²) in [5.74, 6) is 0.693. The molecule has 0 saturated carbocycles. The van der Waals surface area contributed by atoms with Crippen LogP contribution in [-0.2, 0) is 22.5 Å². The SMILES string of the molecule is C=CC(=O)N1CCN(c2nc(OC[C@H]3CC(N(C)C)CO3)nc3c2CCN(c2cccc4cccc(C)c24)C3)C[C@@H]1CC#N. The number of nitriles is 1. The largest absolute Gasteiger partial charge is 0.461 e. The van der Waals surface area contributed by atoms with E-state index in [1.54, 1.807) is 4.90 Å². The fraction of sp³-hybridized carbons (Fsp3) is 0.471. The molecular formula is C34H41N7O3. The molecule has 10 heteroatoms. The van der Waals surface area contributed by atoms with Crippen LogP contribution in [0.5, 0.6) is 6.01 Å². The van der Waals surface area contributed by atoms with E-state index in [1.165, 1.54) is 28.1 Å². The third-order valence-electron chi connectivity index (χ3n) is 9.21. The molecule has 230 valence electrons. The molecule has 0 aliphatic carbocycles. The molecule has 0 N–H and O–H groups in total. The van der Waals surface area contributed by atoms with E-state index in [0.717, 1.165) is 36.5 Å². The number of likely N-dealkylation sites (N-methyl/N-ethyl adjacent to an activating group) is 1. The van der Waals surface area contributed by atoms with Gasteiger partial charge in [-0.2, -0.15) is 15.2 Å². The number of ether oxygens (including phenoxy) is 2. The Labute approximate surface area is 259 Å². The summed E-state index contributed by atoms with van der Waals surface area (Å²) in [6.07, 6.45) is 3.22. The van der Waals surface area contributed by atoms with Gasteiger partial charge in [0.15, 0.2) is 0 Å². The highest BCUT2D eigenvalue weighted by Gasteiger charge is 2.34. The second kappa shape index (κ2) is 12.8. The molecule has 4 heterocycles. The normalized spacial score (nSPS) is 21.8. The molecular weight excluding hydrogens is 554 g/mol. The topological polar surface area (TPSA) is 98.1 Å². The summed E-state index contributed by atoms with van der Waals surface area (Å²) in [6.45, 7) is 9.96. The molecule has 1 aromatic heterocycles. The summed E-state index contributed by atoms with van der Waals surface area (Å²) in [5, 5.41) is 12.0. The molecule has 2 saturated heterocycles. The lowest BCUT2D eigenvalue weighted by molar-refractivity contribution is -0.128. The number of benzene rings is 2. The second-order valence-electron chi connectivity index (χ2n) is 12.2. The molecule has 3 aromatic rings. The Bertz CT molecular complexity index is 1580. The number of aryl methyl sites for hydroxylation is 1. The Hall–Kier alpha value is -4.20. The average molecular weight is 596 g/mol. The van der Waals surface area contributed by atoms with Gasteiger partial charge < -0.3 is 29.1 Å². The van der Waals surface area contributed by atoms with E-state index < -0.39 is 0 Å². The number of anilines is 2. The maximum Gasteiger partial charge on any atom is 0.318 e. The second-order valence-corrected chi connectivity index (χ2v) is 12.2. The van der Waals surface area contributed by atoms with Crippen molar-refractivity contribution >= 4 is 28.2 Å². The first-order chi connectivity index (χ1) is 21.4. The van der Waals surface area contributed by atoms with Crippen LogP contribution >= 0.6 is 0 Å². The van der Waals surface area contributed by atoms with Crippen LogP contribution in [-0.4, -0.2) is 97.4 Å². The summed E-state index contributed by atoms with van der Waals surface area (Å²) in [7, 11) is 4.14. The number of aromatic nitrogens is 2. The minimum atomic E-state index is -0.247. The van der Waals surface area contributed by atoms with Gasteiger partial charge in [-0.25, -0.2) is 0 Å². The zero-order chi connectivity index (χ0) is 30.8. The van der Waals surface area contributed by atoms with Crippen LogP contribution in [0.2, 0.25) is 0 Å². The molecule has 0 radical (unpaired) electrons. The van der Waals surface area contributed by atoms with E-state index in [2.05, 4.69) is 84.8 Å². The lowest BCUT2D eigenvalue weighted by Crippen LogP contribution is -2.55. The molecule has 1 unspecified atom stereocenters. The summed E-state index contributed by atoms with van der Waals surface area (Å²) in [4.78, 5) is 31.1. The maximum absolute atomic E-state index is 12.6. The minimum Gasteiger partial charge on any atom is -0.461 e. The van der Waals surface area contributed by atoms with Gasteiger partial charge in [0.1, 0.15) is 12.4 Å². The quantitative estimate of drug-likeness (QED) is 0.361. The van der Waals surface area contributed by atoms with Crippen LogP contribution in [0.4, 0.5) is 11.5 Å². The van der Waals surface area contributed by atoms with Crippen molar-refractivity contribution in [3.63, 3.8) is 0 Å². The van der Waals surface area contributed by atoms with Gasteiger partial charge in [0.2, 0.25) is 5.91 Å². The Kier molecular flexibility index (Phi) is 8.69. The highest BCUT2D eigenvalue weighted by atomic mass is 16.5. The standard InChI is InChI=1S/C34H41N7O3/c1-5-31(42)41-17-16-40(19-25(41)12-14-35)33-28-13-15-39(30-11-7-10-24-9-6-8-23(2)32(24)30)20-29(28)36-34(37-33)44-22-27-18-26(21-43-27)38(3)4/h5-11,25-27H,1,12-13,15-22H2,2-4H3/t25-,26?,27+/m0/s1. The molecule has 0 spiro atoms. The van der Waals surface area contributed by atoms with Crippen LogP contribution in [0.3, 0.4) is 0 Å². The Morgan fingerprint density at radius 2 is 2.00 bits per heavy atom. The lowest BCUT2D eigenvalue weighted by Gasteiger charge is -2.42. The van der Waals surface area contributed by atoms with Gasteiger partial charge >= 0.3 is 6.01 Å². The van der Waals surface area contributed by atoms with E-state index in [0.29, 0.717) is 51.4 Å². The van der Waals surface area contributed by atoms with Crippen LogP contribution in [0.15, 0.2) is 49.1 Å². The molecule has 44 heavy (non-hydrogen) atoms. The third-order valence-corrected chi connectivity index (χ3v) is 9.21. The number of carbonyl (C=O) groups is 1. The first-order valence-electron chi connectivity index (χ1n) is 15.4. The molecule has 6 rings (SSSR count). The van der Waals surface area contributed by atoms with E-state index >= 15 is 0 Å². The van der Waals surface area contributed by atoms with Gasteiger partial charge in [-0.3, -0.25) is 4.79 Å². The zero-order valence-corrected chi connectivity index (χ0v) is 25.9. The van der Waals surface area contributed by atoms with E-state index in [9.17, 15) is 10.1 Å². The molecule has 3 aliphatic heterocycles. The minimum absolute atomic E-state index is 0.0193. The molecule has 2 fully saturated rings. The predicted octanol–water partition coefficient (Wildman–Crippen LogP) is 3.72. The number of nitrogens with zero attached hydrogens (tertiary/aromatic N) is 7. The number of hydrogen-bond acceptors (Lipinski definition) is 9. The molecule has 3 aliphatic rings. The zero-order valence-electron chi connectivity index (χ0n) is 25.9. The smallest absolute Gasteiger partial charge is 0.318 e. The van der Waals surface area contributed by atoms with Gasteiger partial charge in [0.05, 0.1) is 43.5 Å². The lowest BCUT2D eigenvalue weighted by atomic mass is 9.99. The van der Waals surface area contributed by atoms with E-state index in [-0.39, 0.29) is 24.5 Å². The molecule has 0 bridgehead atoms. The number of rotatable bonds is 8. The van der Waals surface area contributed by atoms with Crippen molar-refractivity contribution in [1.29, 1.82) is 5.26 Å². The van der Waals surface area contributed by atoms with Crippen molar-refractivity contribution in [2.45, 2.75) is 50.9 Å². The van der Waals surface area contributed by atoms with Crippen molar-refractivity contribution < 1.29 is 14.3 Å². The number of amides is 1. The van der Waals surface area contributed by atoms with Crippen LogP contribution < -0.4 is 14.5 Å². The average Bonchev–Trinajstić information content (AvgIpc) is 3.52. The Morgan fingerprint density at radius 3 is 2.75 bits per heavy atom. The molecule has 10 nitrogen and oxygen atoms in total. The van der Waals surface area contributed by atoms with Crippen molar-refractivity contribution in [3.8, 4) is 12.1 Å². The highest BCUT2D eigenvalue weighted by molar-refractivity contribution is 5.97. The van der Waals surface area contributed by atoms with Gasteiger partial charge in [0, 0.05) is 48.9 Å². The molecule has 2 aromatic carbocycles. The third kappa shape index (κ3) is 5.94. The van der Waals surface area contributed by atoms with Crippen molar-refractivity contribution in [2.75, 3.05) is 63.3 Å². The Morgan fingerprint density at radius 1 is 1.18 bits per heavy atom.